The van der Waals surface area contributed by atoms with Crippen LogP contribution >= 0.6 is 0 Å². The number of amides is 1. The van der Waals surface area contributed by atoms with Gasteiger partial charge in [-0.05, 0) is 49.2 Å². The summed E-state index contributed by atoms with van der Waals surface area (Å²) >= 11 is 0. The van der Waals surface area contributed by atoms with Crippen LogP contribution in [0.3, 0.4) is 0 Å². The molecule has 1 atom stereocenters. The van der Waals surface area contributed by atoms with Gasteiger partial charge in [0.1, 0.15) is 0 Å². The van der Waals surface area contributed by atoms with Gasteiger partial charge in [-0.2, -0.15) is 5.10 Å². The number of aryl methyl sites for hydroxylation is 2. The van der Waals surface area contributed by atoms with E-state index in [0.717, 1.165) is 55.6 Å². The number of hydrazone groups is 1. The summed E-state index contributed by atoms with van der Waals surface area (Å²) in [6.07, 6.45) is 3.96. The maximum absolute atomic E-state index is 12.7. The molecule has 2 aromatic heterocycles. The molecule has 5 aromatic rings. The number of hydrogen-bond acceptors (Lipinski definition) is 5. The van der Waals surface area contributed by atoms with Crippen molar-refractivity contribution >= 4 is 33.6 Å². The molecule has 176 valence electrons. The molecule has 6 rings (SSSR count). The zero-order valence-electron chi connectivity index (χ0n) is 20.4. The van der Waals surface area contributed by atoms with E-state index >= 15 is 0 Å². The van der Waals surface area contributed by atoms with Gasteiger partial charge in [-0.25, -0.2) is 5.01 Å². The van der Waals surface area contributed by atoms with Crippen molar-refractivity contribution in [3.63, 3.8) is 0 Å². The zero-order chi connectivity index (χ0) is 24.8. The van der Waals surface area contributed by atoms with Crippen LogP contribution in [0.4, 0.5) is 0 Å². The van der Waals surface area contributed by atoms with Crippen LogP contribution in [0, 0.1) is 13.8 Å². The fourth-order valence-electron chi connectivity index (χ4n) is 5.16. The number of aromatic nitrogens is 3. The largest absolute Gasteiger partial charge is 0.273 e. The lowest BCUT2D eigenvalue weighted by atomic mass is 9.89. The monoisotopic (exact) mass is 471 g/mol. The molecule has 0 bridgehead atoms. The van der Waals surface area contributed by atoms with E-state index in [-0.39, 0.29) is 11.9 Å². The topological polar surface area (TPSA) is 71.3 Å². The Bertz CT molecular complexity index is 1680. The van der Waals surface area contributed by atoms with E-state index in [4.69, 9.17) is 10.1 Å². The van der Waals surface area contributed by atoms with Crippen LogP contribution in [-0.4, -0.2) is 31.6 Å². The summed E-state index contributed by atoms with van der Waals surface area (Å²) in [6.45, 7) is 5.69. The van der Waals surface area contributed by atoms with Crippen molar-refractivity contribution in [1.82, 2.24) is 20.0 Å². The van der Waals surface area contributed by atoms with Crippen molar-refractivity contribution in [2.75, 3.05) is 0 Å². The molecule has 1 unspecified atom stereocenters. The van der Waals surface area contributed by atoms with Crippen molar-refractivity contribution in [3.8, 4) is 11.1 Å². The van der Waals surface area contributed by atoms with Crippen LogP contribution < -0.4 is 0 Å². The number of hydrogen-bond donors (Lipinski definition) is 0. The minimum atomic E-state index is -0.222. The Morgan fingerprint density at radius 2 is 1.61 bits per heavy atom. The summed E-state index contributed by atoms with van der Waals surface area (Å²) in [6, 6.07) is 22.5. The van der Waals surface area contributed by atoms with Crippen LogP contribution in [0.1, 0.15) is 41.8 Å². The predicted octanol–water partition coefficient (Wildman–Crippen LogP) is 6.16. The van der Waals surface area contributed by atoms with E-state index < -0.39 is 0 Å². The third-order valence-corrected chi connectivity index (χ3v) is 6.78. The molecule has 0 radical (unpaired) electrons. The molecule has 3 heterocycles. The van der Waals surface area contributed by atoms with Gasteiger partial charge in [0.25, 0.3) is 0 Å². The fraction of sp³-hybridized carbons (Fsp3) is 0.167. The average molecular weight is 472 g/mol. The number of pyridine rings is 1. The van der Waals surface area contributed by atoms with Gasteiger partial charge >= 0.3 is 0 Å². The lowest BCUT2D eigenvalue weighted by Gasteiger charge is -2.20. The molecule has 0 fully saturated rings. The molecule has 36 heavy (non-hydrogen) atoms. The second-order valence-corrected chi connectivity index (χ2v) is 9.27. The Hall–Kier alpha value is -4.45. The number of nitrogens with zero attached hydrogens (tertiary/aromatic N) is 5. The molecule has 0 saturated heterocycles. The number of carbonyl (C=O) groups is 1. The lowest BCUT2D eigenvalue weighted by molar-refractivity contribution is -0.130. The van der Waals surface area contributed by atoms with E-state index in [1.165, 1.54) is 5.56 Å². The zero-order valence-corrected chi connectivity index (χ0v) is 20.4. The smallest absolute Gasteiger partial charge is 0.240 e. The minimum Gasteiger partial charge on any atom is -0.273 e. The predicted molar refractivity (Wildman–Crippen MR) is 143 cm³/mol. The Balaban J connectivity index is 1.54. The highest BCUT2D eigenvalue weighted by atomic mass is 16.2. The quantitative estimate of drug-likeness (QED) is 0.316. The summed E-state index contributed by atoms with van der Waals surface area (Å²) in [7, 11) is 0. The first-order chi connectivity index (χ1) is 17.5. The first kappa shape index (κ1) is 22.0. The van der Waals surface area contributed by atoms with Gasteiger partial charge < -0.3 is 0 Å². The van der Waals surface area contributed by atoms with Gasteiger partial charge in [0, 0.05) is 47.9 Å². The average Bonchev–Trinajstić information content (AvgIpc) is 3.34. The summed E-state index contributed by atoms with van der Waals surface area (Å²) in [5.74, 6) is -0.0993. The third-order valence-electron chi connectivity index (χ3n) is 6.78. The first-order valence-electron chi connectivity index (χ1n) is 12.0. The standard InChI is InChI=1S/C30H25N5O/c1-18-9-11-24-23(15-18)30(21-7-5-4-6-8-21)29(19(2)33-24)27-17-28(35(34-27)20(3)36)22-10-12-25-26(16-22)32-14-13-31-25/h4-16,28H,17H2,1-3H3. The Morgan fingerprint density at radius 3 is 2.39 bits per heavy atom. The molecule has 0 spiro atoms. The van der Waals surface area contributed by atoms with Crippen molar-refractivity contribution in [2.24, 2.45) is 5.10 Å². The van der Waals surface area contributed by atoms with Crippen LogP contribution in [0.2, 0.25) is 0 Å². The maximum Gasteiger partial charge on any atom is 0.240 e. The molecule has 0 N–H and O–H groups in total. The van der Waals surface area contributed by atoms with Gasteiger partial charge in [0.05, 0.1) is 28.3 Å². The number of rotatable bonds is 3. The summed E-state index contributed by atoms with van der Waals surface area (Å²) < 4.78 is 0. The van der Waals surface area contributed by atoms with E-state index in [9.17, 15) is 4.79 Å². The molecular formula is C30H25N5O. The SMILES string of the molecule is CC(=O)N1N=C(c2c(C)nc3ccc(C)cc3c2-c2ccccc2)CC1c1ccc2nccnc2c1. The molecule has 1 amide bonds. The summed E-state index contributed by atoms with van der Waals surface area (Å²) in [5, 5.41) is 7.58. The minimum absolute atomic E-state index is 0.0993. The molecule has 6 heteroatoms. The Kier molecular flexibility index (Phi) is 5.29. The van der Waals surface area contributed by atoms with Gasteiger partial charge in [-0.15, -0.1) is 0 Å². The van der Waals surface area contributed by atoms with Crippen molar-refractivity contribution < 1.29 is 4.79 Å². The molecule has 6 nitrogen and oxygen atoms in total. The van der Waals surface area contributed by atoms with Crippen LogP contribution in [0.25, 0.3) is 33.1 Å². The highest BCUT2D eigenvalue weighted by Crippen LogP contribution is 2.39. The first-order valence-corrected chi connectivity index (χ1v) is 12.0. The normalized spacial score (nSPS) is 15.5. The fourth-order valence-corrected chi connectivity index (χ4v) is 5.16. The Labute approximate surface area is 209 Å². The van der Waals surface area contributed by atoms with Crippen molar-refractivity contribution in [2.45, 2.75) is 33.2 Å². The van der Waals surface area contributed by atoms with Crippen molar-refractivity contribution in [1.29, 1.82) is 0 Å². The lowest BCUT2D eigenvalue weighted by Crippen LogP contribution is -2.24. The van der Waals surface area contributed by atoms with Gasteiger partial charge in [0.2, 0.25) is 5.91 Å². The third kappa shape index (κ3) is 3.71. The summed E-state index contributed by atoms with van der Waals surface area (Å²) in [5.41, 5.74) is 9.71. The number of benzene rings is 3. The molecule has 1 aliphatic heterocycles. The van der Waals surface area contributed by atoms with Gasteiger partial charge in [0.15, 0.2) is 0 Å². The van der Waals surface area contributed by atoms with Gasteiger partial charge in [-0.1, -0.05) is 48.0 Å². The number of carbonyl (C=O) groups excluding carboxylic acids is 1. The highest BCUT2D eigenvalue weighted by molar-refractivity contribution is 6.14. The molecule has 0 aliphatic carbocycles. The second kappa shape index (κ2) is 8.64. The molecule has 1 aliphatic rings. The van der Waals surface area contributed by atoms with E-state index in [1.54, 1.807) is 24.3 Å². The van der Waals surface area contributed by atoms with E-state index in [2.05, 4.69) is 47.2 Å². The highest BCUT2D eigenvalue weighted by Gasteiger charge is 2.34. The molecule has 3 aromatic carbocycles. The van der Waals surface area contributed by atoms with Crippen molar-refractivity contribution in [3.05, 3.63) is 102 Å². The molecular weight excluding hydrogens is 446 g/mol. The van der Waals surface area contributed by atoms with Crippen LogP contribution in [0.5, 0.6) is 0 Å². The van der Waals surface area contributed by atoms with E-state index in [1.807, 2.05) is 43.3 Å². The van der Waals surface area contributed by atoms with E-state index in [0.29, 0.717) is 6.42 Å². The summed E-state index contributed by atoms with van der Waals surface area (Å²) in [4.78, 5) is 26.5. The van der Waals surface area contributed by atoms with Crippen LogP contribution in [-0.2, 0) is 4.79 Å². The number of fused-ring (bicyclic) bond motifs is 2. The van der Waals surface area contributed by atoms with Crippen LogP contribution in [0.15, 0.2) is 84.2 Å². The van der Waals surface area contributed by atoms with Gasteiger partial charge in [-0.3, -0.25) is 19.7 Å². The maximum atomic E-state index is 12.7. The Morgan fingerprint density at radius 1 is 0.861 bits per heavy atom. The molecule has 0 saturated carbocycles. The second-order valence-electron chi connectivity index (χ2n) is 9.27.